The van der Waals surface area contributed by atoms with Gasteiger partial charge in [0.2, 0.25) is 5.96 Å². The zero-order valence-corrected chi connectivity index (χ0v) is 17.3. The lowest BCUT2D eigenvalue weighted by Gasteiger charge is -2.19. The quantitative estimate of drug-likeness (QED) is 0.488. The molecule has 0 saturated heterocycles. The van der Waals surface area contributed by atoms with Crippen LogP contribution in [0.3, 0.4) is 0 Å². The van der Waals surface area contributed by atoms with Crippen LogP contribution in [-0.2, 0) is 13.0 Å². The van der Waals surface area contributed by atoms with Crippen LogP contribution in [0, 0.1) is 0 Å². The van der Waals surface area contributed by atoms with Crippen molar-refractivity contribution in [3.05, 3.63) is 83.7 Å². The van der Waals surface area contributed by atoms with Gasteiger partial charge in [0.25, 0.3) is 5.91 Å². The molecule has 1 aliphatic heterocycles. The van der Waals surface area contributed by atoms with Crippen LogP contribution in [-0.4, -0.2) is 30.1 Å². The van der Waals surface area contributed by atoms with E-state index in [1.807, 2.05) is 54.6 Å². The van der Waals surface area contributed by atoms with Crippen molar-refractivity contribution in [1.82, 2.24) is 10.3 Å². The Labute approximate surface area is 181 Å². The summed E-state index contributed by atoms with van der Waals surface area (Å²) in [6.45, 7) is 3.48. The van der Waals surface area contributed by atoms with Gasteiger partial charge in [-0.05, 0) is 47.9 Å². The second kappa shape index (κ2) is 9.75. The van der Waals surface area contributed by atoms with E-state index in [-0.39, 0.29) is 5.91 Å². The summed E-state index contributed by atoms with van der Waals surface area (Å²) >= 11 is 0. The molecule has 0 radical (unpaired) electrons. The Balaban J connectivity index is 1.54. The molecule has 0 fully saturated rings. The Bertz CT molecular complexity index is 1070. The van der Waals surface area contributed by atoms with E-state index in [9.17, 15) is 4.79 Å². The van der Waals surface area contributed by atoms with Crippen LogP contribution >= 0.6 is 0 Å². The summed E-state index contributed by atoms with van der Waals surface area (Å²) in [4.78, 5) is 21.5. The SMILES string of the molecule is CCc1ccc(C(=O)NC(=NCc2cccnc2)Nc2ccc3c(c2)OCCO3)cc1. The molecule has 0 unspecified atom stereocenters. The Kier molecular flexibility index (Phi) is 6.42. The molecule has 4 rings (SSSR count). The minimum atomic E-state index is -0.238. The first-order valence-electron chi connectivity index (χ1n) is 10.2. The summed E-state index contributed by atoms with van der Waals surface area (Å²) in [5.74, 6) is 1.46. The fourth-order valence-corrected chi connectivity index (χ4v) is 3.10. The monoisotopic (exact) mass is 416 g/mol. The Morgan fingerprint density at radius 2 is 1.84 bits per heavy atom. The average Bonchev–Trinajstić information content (AvgIpc) is 2.83. The summed E-state index contributed by atoms with van der Waals surface area (Å²) in [5.41, 5.74) is 3.41. The number of aliphatic imine (C=N–C) groups is 1. The largest absolute Gasteiger partial charge is 0.486 e. The van der Waals surface area contributed by atoms with Gasteiger partial charge in [-0.15, -0.1) is 0 Å². The number of aromatic nitrogens is 1. The van der Waals surface area contributed by atoms with Crippen molar-refractivity contribution >= 4 is 17.6 Å². The molecule has 0 bridgehead atoms. The molecule has 3 aromatic rings. The van der Waals surface area contributed by atoms with Crippen LogP contribution in [0.5, 0.6) is 11.5 Å². The van der Waals surface area contributed by atoms with Gasteiger partial charge in [0.15, 0.2) is 11.5 Å². The molecule has 7 nitrogen and oxygen atoms in total. The Hall–Kier alpha value is -3.87. The number of pyridine rings is 1. The van der Waals surface area contributed by atoms with Gasteiger partial charge in [-0.25, -0.2) is 4.99 Å². The van der Waals surface area contributed by atoms with Gasteiger partial charge in [-0.1, -0.05) is 25.1 Å². The molecule has 2 N–H and O–H groups in total. The van der Waals surface area contributed by atoms with Gasteiger partial charge in [0, 0.05) is 29.7 Å². The smallest absolute Gasteiger partial charge is 0.257 e. The minimum absolute atomic E-state index is 0.238. The zero-order chi connectivity index (χ0) is 21.5. The maximum atomic E-state index is 12.8. The van der Waals surface area contributed by atoms with Gasteiger partial charge < -0.3 is 14.8 Å². The molecule has 0 aliphatic carbocycles. The molecule has 158 valence electrons. The van der Waals surface area contributed by atoms with Gasteiger partial charge in [0.05, 0.1) is 6.54 Å². The maximum Gasteiger partial charge on any atom is 0.257 e. The number of aryl methyl sites for hydroxylation is 1. The van der Waals surface area contributed by atoms with Crippen molar-refractivity contribution in [2.75, 3.05) is 18.5 Å². The third kappa shape index (κ3) is 5.39. The lowest BCUT2D eigenvalue weighted by Crippen LogP contribution is -2.36. The molecule has 7 heteroatoms. The van der Waals surface area contributed by atoms with Crippen LogP contribution in [0.4, 0.5) is 5.69 Å². The topological polar surface area (TPSA) is 84.8 Å². The number of carbonyl (C=O) groups excluding carboxylic acids is 1. The second-order valence-electron chi connectivity index (χ2n) is 7.01. The number of nitrogens with zero attached hydrogens (tertiary/aromatic N) is 2. The molecular weight excluding hydrogens is 392 g/mol. The second-order valence-corrected chi connectivity index (χ2v) is 7.01. The van der Waals surface area contributed by atoms with E-state index in [4.69, 9.17) is 9.47 Å². The van der Waals surface area contributed by atoms with E-state index in [1.165, 1.54) is 5.56 Å². The molecule has 2 aromatic carbocycles. The molecule has 1 aliphatic rings. The van der Waals surface area contributed by atoms with Crippen LogP contribution < -0.4 is 20.1 Å². The number of ether oxygens (including phenoxy) is 2. The number of rotatable bonds is 5. The fourth-order valence-electron chi connectivity index (χ4n) is 3.10. The summed E-state index contributed by atoms with van der Waals surface area (Å²) in [5, 5.41) is 6.06. The maximum absolute atomic E-state index is 12.8. The van der Waals surface area contributed by atoms with Crippen molar-refractivity contribution in [1.29, 1.82) is 0 Å². The summed E-state index contributed by atoms with van der Waals surface area (Å²) in [7, 11) is 0. The number of hydrogen-bond acceptors (Lipinski definition) is 5. The number of amides is 1. The van der Waals surface area contributed by atoms with Crippen molar-refractivity contribution in [3.8, 4) is 11.5 Å². The molecule has 2 heterocycles. The summed E-state index contributed by atoms with van der Waals surface area (Å²) in [6.07, 6.45) is 4.38. The first-order chi connectivity index (χ1) is 15.2. The van der Waals surface area contributed by atoms with Crippen molar-refractivity contribution in [3.63, 3.8) is 0 Å². The van der Waals surface area contributed by atoms with Gasteiger partial charge >= 0.3 is 0 Å². The van der Waals surface area contributed by atoms with Crippen molar-refractivity contribution < 1.29 is 14.3 Å². The van der Waals surface area contributed by atoms with E-state index in [1.54, 1.807) is 12.4 Å². The predicted octanol–water partition coefficient (Wildman–Crippen LogP) is 3.81. The highest BCUT2D eigenvalue weighted by molar-refractivity contribution is 6.10. The highest BCUT2D eigenvalue weighted by atomic mass is 16.6. The number of hydrogen-bond donors (Lipinski definition) is 2. The standard InChI is InChI=1S/C24H24N4O3/c1-2-17-5-7-19(8-6-17)23(29)28-24(26-16-18-4-3-11-25-15-18)27-20-9-10-21-22(14-20)31-13-12-30-21/h3-11,14-15H,2,12-13,16H2,1H3,(H2,26,27,28,29). The van der Waals surface area contributed by atoms with Crippen molar-refractivity contribution in [2.45, 2.75) is 19.9 Å². The third-order valence-corrected chi connectivity index (χ3v) is 4.80. The number of fused-ring (bicyclic) bond motifs is 1. The Morgan fingerprint density at radius 1 is 1.03 bits per heavy atom. The fraction of sp³-hybridized carbons (Fsp3) is 0.208. The summed E-state index contributed by atoms with van der Waals surface area (Å²) < 4.78 is 11.2. The van der Waals surface area contributed by atoms with E-state index in [0.717, 1.165) is 17.7 Å². The molecule has 1 amide bonds. The number of anilines is 1. The highest BCUT2D eigenvalue weighted by Gasteiger charge is 2.14. The van der Waals surface area contributed by atoms with Gasteiger partial charge in [0.1, 0.15) is 13.2 Å². The van der Waals surface area contributed by atoms with Crippen LogP contribution in [0.1, 0.15) is 28.4 Å². The lowest BCUT2D eigenvalue weighted by atomic mass is 10.1. The normalized spacial score (nSPS) is 12.9. The van der Waals surface area contributed by atoms with E-state index in [2.05, 4.69) is 27.5 Å². The molecule has 0 spiro atoms. The molecule has 1 aromatic heterocycles. The average molecular weight is 416 g/mol. The van der Waals surface area contributed by atoms with Gasteiger partial charge in [-0.3, -0.25) is 15.1 Å². The number of nitrogens with one attached hydrogen (secondary N) is 2. The molecule has 0 saturated carbocycles. The summed E-state index contributed by atoms with van der Waals surface area (Å²) in [6, 6.07) is 16.8. The lowest BCUT2D eigenvalue weighted by molar-refractivity contribution is 0.0977. The highest BCUT2D eigenvalue weighted by Crippen LogP contribution is 2.32. The van der Waals surface area contributed by atoms with E-state index >= 15 is 0 Å². The first-order valence-corrected chi connectivity index (χ1v) is 10.2. The number of benzene rings is 2. The third-order valence-electron chi connectivity index (χ3n) is 4.80. The van der Waals surface area contributed by atoms with E-state index in [0.29, 0.717) is 42.8 Å². The van der Waals surface area contributed by atoms with Crippen LogP contribution in [0.25, 0.3) is 0 Å². The minimum Gasteiger partial charge on any atom is -0.486 e. The number of guanidine groups is 1. The van der Waals surface area contributed by atoms with Crippen molar-refractivity contribution in [2.24, 2.45) is 4.99 Å². The van der Waals surface area contributed by atoms with E-state index < -0.39 is 0 Å². The Morgan fingerprint density at radius 3 is 2.58 bits per heavy atom. The molecule has 0 atom stereocenters. The van der Waals surface area contributed by atoms with Gasteiger partial charge in [-0.2, -0.15) is 0 Å². The molecule has 31 heavy (non-hydrogen) atoms. The predicted molar refractivity (Wildman–Crippen MR) is 120 cm³/mol. The van der Waals surface area contributed by atoms with Crippen LogP contribution in [0.15, 0.2) is 72.0 Å². The number of carbonyl (C=O) groups is 1. The first kappa shape index (κ1) is 20.4. The van der Waals surface area contributed by atoms with Crippen LogP contribution in [0.2, 0.25) is 0 Å². The zero-order valence-electron chi connectivity index (χ0n) is 17.3. The molecular formula is C24H24N4O3.